The molecule has 0 saturated heterocycles. The summed E-state index contributed by atoms with van der Waals surface area (Å²) in [5.41, 5.74) is 18.6. The Balaban J connectivity index is 0.926. The van der Waals surface area contributed by atoms with Gasteiger partial charge < -0.3 is 4.90 Å². The number of hydrogen-bond acceptors (Lipinski definition) is 1. The Kier molecular flexibility index (Phi) is 8.23. The maximum absolute atomic E-state index is 2.36. The molecule has 0 N–H and O–H groups in total. The lowest BCUT2D eigenvalue weighted by molar-refractivity contribution is 0.662. The Morgan fingerprint density at radius 2 is 0.768 bits per heavy atom. The Hall–Kier alpha value is -6.96. The van der Waals surface area contributed by atoms with Crippen molar-refractivity contribution in [3.05, 3.63) is 223 Å². The van der Waals surface area contributed by atoms with Crippen molar-refractivity contribution in [2.24, 2.45) is 0 Å². The summed E-state index contributed by atoms with van der Waals surface area (Å²) in [5.74, 6) is 0. The SMILES string of the molecule is CC1(C)c2ccccc2-c2cccc(-c3ccc(N(c4ccccc4)c4ccc(-c5ccc(-c6cccc(-c7ccc8ccccc8c7)c6)cc5)cc4)cc3)c21. The topological polar surface area (TPSA) is 3.24 Å². The Labute approximate surface area is 329 Å². The number of anilines is 3. The van der Waals surface area contributed by atoms with Crippen molar-refractivity contribution in [2.45, 2.75) is 19.3 Å². The van der Waals surface area contributed by atoms with E-state index in [2.05, 4.69) is 231 Å². The van der Waals surface area contributed by atoms with Crippen molar-refractivity contribution in [2.75, 3.05) is 4.90 Å². The van der Waals surface area contributed by atoms with Gasteiger partial charge in [-0.1, -0.05) is 178 Å². The van der Waals surface area contributed by atoms with Crippen molar-refractivity contribution in [1.29, 1.82) is 0 Å². The molecule has 266 valence electrons. The van der Waals surface area contributed by atoms with Crippen LogP contribution in [-0.2, 0) is 5.41 Å². The predicted octanol–water partition coefficient (Wildman–Crippen LogP) is 15.3. The minimum atomic E-state index is -0.0666. The molecule has 0 aromatic heterocycles. The molecule has 0 aliphatic heterocycles. The van der Waals surface area contributed by atoms with E-state index in [-0.39, 0.29) is 5.41 Å². The van der Waals surface area contributed by atoms with Gasteiger partial charge in [-0.3, -0.25) is 0 Å². The van der Waals surface area contributed by atoms with Crippen molar-refractivity contribution in [3.8, 4) is 55.6 Å². The zero-order valence-electron chi connectivity index (χ0n) is 31.7. The van der Waals surface area contributed by atoms with Gasteiger partial charge in [-0.25, -0.2) is 0 Å². The molecule has 0 bridgehead atoms. The Bertz CT molecular complexity index is 2850. The van der Waals surface area contributed by atoms with E-state index < -0.39 is 0 Å². The molecule has 1 aliphatic rings. The molecule has 1 nitrogen and oxygen atoms in total. The lowest BCUT2D eigenvalue weighted by Gasteiger charge is -2.27. The smallest absolute Gasteiger partial charge is 0.0462 e. The summed E-state index contributed by atoms with van der Waals surface area (Å²) in [6, 6.07) is 77.4. The van der Waals surface area contributed by atoms with E-state index >= 15 is 0 Å². The van der Waals surface area contributed by atoms with Gasteiger partial charge in [-0.15, -0.1) is 0 Å². The van der Waals surface area contributed by atoms with E-state index in [0.717, 1.165) is 17.1 Å². The van der Waals surface area contributed by atoms with Gasteiger partial charge in [-0.2, -0.15) is 0 Å². The van der Waals surface area contributed by atoms with Crippen LogP contribution in [0.25, 0.3) is 66.4 Å². The highest BCUT2D eigenvalue weighted by molar-refractivity contribution is 5.90. The summed E-state index contributed by atoms with van der Waals surface area (Å²) < 4.78 is 0. The summed E-state index contributed by atoms with van der Waals surface area (Å²) in [4.78, 5) is 2.34. The van der Waals surface area contributed by atoms with E-state index in [9.17, 15) is 0 Å². The number of hydrogen-bond donors (Lipinski definition) is 0. The summed E-state index contributed by atoms with van der Waals surface area (Å²) in [6.07, 6.45) is 0. The molecule has 0 radical (unpaired) electrons. The van der Waals surface area contributed by atoms with E-state index in [4.69, 9.17) is 0 Å². The van der Waals surface area contributed by atoms with E-state index in [0.29, 0.717) is 0 Å². The van der Waals surface area contributed by atoms with Crippen LogP contribution in [0.5, 0.6) is 0 Å². The fourth-order valence-electron chi connectivity index (χ4n) is 8.81. The molecular weight excluding hydrogens is 675 g/mol. The first-order valence-corrected chi connectivity index (χ1v) is 19.5. The minimum Gasteiger partial charge on any atom is -0.311 e. The highest BCUT2D eigenvalue weighted by Crippen LogP contribution is 2.52. The van der Waals surface area contributed by atoms with Crippen molar-refractivity contribution < 1.29 is 0 Å². The van der Waals surface area contributed by atoms with Crippen LogP contribution >= 0.6 is 0 Å². The molecule has 0 amide bonds. The maximum atomic E-state index is 2.36. The lowest BCUT2D eigenvalue weighted by Crippen LogP contribution is -2.16. The first-order valence-electron chi connectivity index (χ1n) is 19.5. The number of para-hydroxylation sites is 1. The van der Waals surface area contributed by atoms with Crippen LogP contribution in [0.3, 0.4) is 0 Å². The predicted molar refractivity (Wildman–Crippen MR) is 238 cm³/mol. The molecule has 9 aromatic rings. The second-order valence-corrected chi connectivity index (χ2v) is 15.4. The lowest BCUT2D eigenvalue weighted by atomic mass is 9.79. The molecule has 9 aromatic carbocycles. The van der Waals surface area contributed by atoms with E-state index in [1.807, 2.05) is 0 Å². The number of fused-ring (bicyclic) bond motifs is 4. The monoisotopic (exact) mass is 715 g/mol. The normalized spacial score (nSPS) is 12.6. The van der Waals surface area contributed by atoms with Crippen LogP contribution in [0.2, 0.25) is 0 Å². The van der Waals surface area contributed by atoms with Crippen LogP contribution in [0, 0.1) is 0 Å². The van der Waals surface area contributed by atoms with Gasteiger partial charge in [0, 0.05) is 22.5 Å². The van der Waals surface area contributed by atoms with Crippen LogP contribution in [0.15, 0.2) is 212 Å². The molecule has 0 fully saturated rings. The van der Waals surface area contributed by atoms with E-state index in [1.165, 1.54) is 77.5 Å². The highest BCUT2D eigenvalue weighted by atomic mass is 15.1. The second-order valence-electron chi connectivity index (χ2n) is 15.4. The summed E-state index contributed by atoms with van der Waals surface area (Å²) >= 11 is 0. The molecule has 0 saturated carbocycles. The maximum Gasteiger partial charge on any atom is 0.0462 e. The second kappa shape index (κ2) is 13.7. The third-order valence-electron chi connectivity index (χ3n) is 11.7. The zero-order chi connectivity index (χ0) is 37.6. The van der Waals surface area contributed by atoms with Gasteiger partial charge in [0.1, 0.15) is 0 Å². The third kappa shape index (κ3) is 5.90. The number of benzene rings is 9. The van der Waals surface area contributed by atoms with Crippen molar-refractivity contribution >= 4 is 27.8 Å². The number of nitrogens with zero attached hydrogens (tertiary/aromatic N) is 1. The molecule has 1 heteroatoms. The van der Waals surface area contributed by atoms with Gasteiger partial charge >= 0.3 is 0 Å². The van der Waals surface area contributed by atoms with Gasteiger partial charge in [0.05, 0.1) is 0 Å². The van der Waals surface area contributed by atoms with Crippen molar-refractivity contribution in [3.63, 3.8) is 0 Å². The van der Waals surface area contributed by atoms with Gasteiger partial charge in [0.15, 0.2) is 0 Å². The van der Waals surface area contributed by atoms with Gasteiger partial charge in [0.2, 0.25) is 0 Å². The molecule has 56 heavy (non-hydrogen) atoms. The third-order valence-corrected chi connectivity index (χ3v) is 11.7. The number of rotatable bonds is 7. The molecule has 0 atom stereocenters. The zero-order valence-corrected chi connectivity index (χ0v) is 31.7. The Morgan fingerprint density at radius 1 is 0.304 bits per heavy atom. The first-order chi connectivity index (χ1) is 27.5. The minimum absolute atomic E-state index is 0.0666. The molecular formula is C55H41N. The van der Waals surface area contributed by atoms with Crippen molar-refractivity contribution in [1.82, 2.24) is 0 Å². The quantitative estimate of drug-likeness (QED) is 0.159. The molecule has 0 spiro atoms. The van der Waals surface area contributed by atoms with E-state index in [1.54, 1.807) is 0 Å². The average Bonchev–Trinajstić information content (AvgIpc) is 3.50. The highest BCUT2D eigenvalue weighted by Gasteiger charge is 2.37. The molecule has 0 unspecified atom stereocenters. The summed E-state index contributed by atoms with van der Waals surface area (Å²) in [7, 11) is 0. The molecule has 10 rings (SSSR count). The van der Waals surface area contributed by atoms with Crippen LogP contribution in [0.1, 0.15) is 25.0 Å². The Morgan fingerprint density at radius 3 is 1.48 bits per heavy atom. The fourth-order valence-corrected chi connectivity index (χ4v) is 8.81. The van der Waals surface area contributed by atoms with Crippen LogP contribution in [0.4, 0.5) is 17.1 Å². The summed E-state index contributed by atoms with van der Waals surface area (Å²) in [5, 5.41) is 2.53. The van der Waals surface area contributed by atoms with Crippen LogP contribution in [-0.4, -0.2) is 0 Å². The first kappa shape index (κ1) is 33.6. The van der Waals surface area contributed by atoms with Crippen LogP contribution < -0.4 is 4.90 Å². The summed E-state index contributed by atoms with van der Waals surface area (Å²) in [6.45, 7) is 4.72. The van der Waals surface area contributed by atoms with Gasteiger partial charge in [-0.05, 0) is 126 Å². The standard InChI is InChI=1S/C55H41N/c1-55(2)53-21-9-8-18-51(53)52-20-11-19-50(54(52)55)42-30-34-49(35-31-42)56(47-16-4-3-5-17-47)48-32-28-40(29-33-48)39-22-24-41(25-23-39)44-14-10-15-45(36-44)46-27-26-38-12-6-7-13-43(38)37-46/h3-37H,1-2H3. The van der Waals surface area contributed by atoms with Gasteiger partial charge in [0.25, 0.3) is 0 Å². The molecule has 0 heterocycles. The average molecular weight is 716 g/mol. The molecule has 1 aliphatic carbocycles. The largest absolute Gasteiger partial charge is 0.311 e. The fraction of sp³-hybridized carbons (Fsp3) is 0.0545.